The number of esters is 1. The van der Waals surface area contributed by atoms with Crippen molar-refractivity contribution in [3.05, 3.63) is 47.7 Å². The molecule has 1 aromatic rings. The first kappa shape index (κ1) is 23.5. The van der Waals surface area contributed by atoms with Gasteiger partial charge >= 0.3 is 12.1 Å². The summed E-state index contributed by atoms with van der Waals surface area (Å²) >= 11 is 0. The maximum absolute atomic E-state index is 14.1. The summed E-state index contributed by atoms with van der Waals surface area (Å²) in [5, 5.41) is 0. The summed E-state index contributed by atoms with van der Waals surface area (Å²) < 4.78 is 58.4. The molecule has 0 amide bonds. The largest absolute Gasteiger partial charge is 0.543 e. The van der Waals surface area contributed by atoms with Crippen molar-refractivity contribution in [2.24, 2.45) is 11.3 Å². The molecule has 0 aliphatic heterocycles. The predicted octanol–water partition coefficient (Wildman–Crippen LogP) is 5.22. The van der Waals surface area contributed by atoms with Crippen molar-refractivity contribution >= 4 is 15.0 Å². The van der Waals surface area contributed by atoms with Gasteiger partial charge in [-0.05, 0) is 36.9 Å². The normalized spacial score (nSPS) is 22.2. The quantitative estimate of drug-likeness (QED) is 0.459. The number of alkyl halides is 3. The Morgan fingerprint density at radius 1 is 1.10 bits per heavy atom. The first-order chi connectivity index (χ1) is 13.3. The van der Waals surface area contributed by atoms with Crippen LogP contribution in [0, 0.1) is 11.3 Å². The highest BCUT2D eigenvalue weighted by molar-refractivity contribution is 6.48. The van der Waals surface area contributed by atoms with Gasteiger partial charge in [0.25, 0.3) is 14.6 Å². The Hall–Kier alpha value is -1.80. The number of carbonyl (C=O) groups is 1. The van der Waals surface area contributed by atoms with E-state index in [1.54, 1.807) is 6.07 Å². The van der Waals surface area contributed by atoms with Gasteiger partial charge in [-0.3, -0.25) is 0 Å². The summed E-state index contributed by atoms with van der Waals surface area (Å²) in [6.45, 7) is 9.90. The van der Waals surface area contributed by atoms with Crippen LogP contribution in [0.4, 0.5) is 13.2 Å². The summed E-state index contributed by atoms with van der Waals surface area (Å²) in [5.74, 6) is -1.05. The molecule has 0 bridgehead atoms. The molecule has 1 aromatic carbocycles. The van der Waals surface area contributed by atoms with E-state index in [1.165, 1.54) is 24.3 Å². The summed E-state index contributed by atoms with van der Waals surface area (Å²) in [6.07, 6.45) is -3.64. The molecule has 0 saturated carbocycles. The highest BCUT2D eigenvalue weighted by Gasteiger charge is 2.64. The minimum absolute atomic E-state index is 0.0104. The summed E-state index contributed by atoms with van der Waals surface area (Å²) in [4.78, 5) is 12.9. The molecule has 3 atom stereocenters. The number of rotatable bonds is 6. The van der Waals surface area contributed by atoms with Gasteiger partial charge in [-0.2, -0.15) is 13.2 Å². The van der Waals surface area contributed by atoms with Gasteiger partial charge in [-0.15, -0.1) is 0 Å². The van der Waals surface area contributed by atoms with Crippen LogP contribution in [0.25, 0.3) is 0 Å². The van der Waals surface area contributed by atoms with Crippen LogP contribution in [0.3, 0.4) is 0 Å². The molecular formula is C21H28F3O4Si. The van der Waals surface area contributed by atoms with E-state index >= 15 is 0 Å². The van der Waals surface area contributed by atoms with Crippen molar-refractivity contribution in [3.8, 4) is 0 Å². The summed E-state index contributed by atoms with van der Waals surface area (Å²) in [6, 6.07) is 6.82. The van der Waals surface area contributed by atoms with Crippen LogP contribution in [-0.2, 0) is 24.3 Å². The zero-order valence-corrected chi connectivity index (χ0v) is 18.6. The first-order valence-electron chi connectivity index (χ1n) is 9.41. The van der Waals surface area contributed by atoms with E-state index < -0.39 is 32.9 Å². The van der Waals surface area contributed by atoms with E-state index in [0.717, 1.165) is 7.11 Å². The number of carbonyl (C=O) groups excluding carboxylic acids is 1. The molecule has 0 N–H and O–H groups in total. The summed E-state index contributed by atoms with van der Waals surface area (Å²) in [5.41, 5.74) is -3.68. The van der Waals surface area contributed by atoms with Gasteiger partial charge in [-0.25, -0.2) is 4.79 Å². The van der Waals surface area contributed by atoms with Crippen LogP contribution in [0.1, 0.15) is 32.8 Å². The monoisotopic (exact) mass is 429 g/mol. The Morgan fingerprint density at radius 3 is 2.14 bits per heavy atom. The van der Waals surface area contributed by atoms with Gasteiger partial charge < -0.3 is 13.9 Å². The molecule has 1 aliphatic rings. The van der Waals surface area contributed by atoms with Crippen molar-refractivity contribution < 1.29 is 31.9 Å². The average Bonchev–Trinajstić information content (AvgIpc) is 2.98. The number of hydrogen-bond acceptors (Lipinski definition) is 4. The number of hydrogen-bond donors (Lipinski definition) is 0. The molecule has 1 aliphatic carbocycles. The third kappa shape index (κ3) is 4.86. The first-order valence-corrected chi connectivity index (χ1v) is 11.8. The van der Waals surface area contributed by atoms with Crippen molar-refractivity contribution in [2.45, 2.75) is 58.2 Å². The molecular weight excluding hydrogens is 401 g/mol. The molecule has 161 valence electrons. The maximum atomic E-state index is 14.1. The van der Waals surface area contributed by atoms with E-state index in [0.29, 0.717) is 12.2 Å². The second-order valence-electron chi connectivity index (χ2n) is 8.43. The number of allylic oxidation sites excluding steroid dienone is 1. The fourth-order valence-electron chi connectivity index (χ4n) is 3.36. The van der Waals surface area contributed by atoms with Crippen molar-refractivity contribution in [2.75, 3.05) is 7.11 Å². The second-order valence-corrected chi connectivity index (χ2v) is 10.5. The predicted molar refractivity (Wildman–Crippen MR) is 105 cm³/mol. The molecule has 8 heteroatoms. The number of halogens is 3. The molecule has 4 nitrogen and oxygen atoms in total. The minimum atomic E-state index is -5.00. The Labute approximate surface area is 171 Å². The van der Waals surface area contributed by atoms with Crippen molar-refractivity contribution in [1.82, 2.24) is 0 Å². The number of ether oxygens (including phenoxy) is 2. The Kier molecular flexibility index (Phi) is 6.89. The SMILES string of the molecule is COC(C(=O)O[C@@H]1C[C@@H](C(C)(C)C)C=C1O[Si](C)C)(c1ccccc1)C(F)(F)F. The third-order valence-electron chi connectivity index (χ3n) is 5.01. The molecule has 0 heterocycles. The van der Waals surface area contributed by atoms with Crippen LogP contribution >= 0.6 is 0 Å². The zero-order chi connectivity index (χ0) is 22.0. The highest BCUT2D eigenvalue weighted by atomic mass is 28.3. The molecule has 0 saturated heterocycles. The Bertz CT molecular complexity index is 741. The van der Waals surface area contributed by atoms with Crippen LogP contribution in [-0.4, -0.2) is 34.4 Å². The van der Waals surface area contributed by atoms with Gasteiger partial charge in [-0.1, -0.05) is 51.1 Å². The van der Waals surface area contributed by atoms with E-state index in [2.05, 4.69) is 0 Å². The topological polar surface area (TPSA) is 44.8 Å². The van der Waals surface area contributed by atoms with Crippen LogP contribution in [0.5, 0.6) is 0 Å². The molecule has 1 unspecified atom stereocenters. The number of methoxy groups -OCH3 is 1. The molecule has 0 aromatic heterocycles. The fourth-order valence-corrected chi connectivity index (χ4v) is 4.04. The lowest BCUT2D eigenvalue weighted by molar-refractivity contribution is -0.278. The van der Waals surface area contributed by atoms with Gasteiger partial charge in [0, 0.05) is 12.7 Å². The Morgan fingerprint density at radius 2 is 1.69 bits per heavy atom. The standard InChI is InChI=1S/C21H28F3O4Si/c1-19(2,3)15-12-16(17(13-15)28-29(5)6)27-18(25)20(26-4,21(22,23)24)14-10-8-7-9-11-14/h7-11,13,15-16H,12H2,1-6H3/t15-,16-,20?/m1/s1. The molecule has 0 fully saturated rings. The maximum Gasteiger partial charge on any atom is 0.432 e. The third-order valence-corrected chi connectivity index (χ3v) is 5.65. The van der Waals surface area contributed by atoms with Gasteiger partial charge in [0.05, 0.1) is 0 Å². The number of benzene rings is 1. The molecule has 1 radical (unpaired) electrons. The lowest BCUT2D eigenvalue weighted by Crippen LogP contribution is -2.52. The zero-order valence-electron chi connectivity index (χ0n) is 17.6. The molecule has 2 rings (SSSR count). The molecule has 29 heavy (non-hydrogen) atoms. The fraction of sp³-hybridized carbons (Fsp3) is 0.571. The van der Waals surface area contributed by atoms with Crippen LogP contribution in [0.15, 0.2) is 42.2 Å². The smallest absolute Gasteiger partial charge is 0.432 e. The van der Waals surface area contributed by atoms with Gasteiger partial charge in [0.2, 0.25) is 0 Å². The van der Waals surface area contributed by atoms with Crippen molar-refractivity contribution in [1.29, 1.82) is 0 Å². The van der Waals surface area contributed by atoms with E-state index in [9.17, 15) is 18.0 Å². The van der Waals surface area contributed by atoms with Gasteiger partial charge in [0.1, 0.15) is 5.76 Å². The van der Waals surface area contributed by atoms with E-state index in [1.807, 2.05) is 39.9 Å². The lowest BCUT2D eigenvalue weighted by atomic mass is 9.80. The van der Waals surface area contributed by atoms with Crippen LogP contribution in [0.2, 0.25) is 13.1 Å². The van der Waals surface area contributed by atoms with Gasteiger partial charge in [0.15, 0.2) is 6.10 Å². The Balaban J connectivity index is 2.39. The van der Waals surface area contributed by atoms with Crippen molar-refractivity contribution in [3.63, 3.8) is 0 Å². The van der Waals surface area contributed by atoms with E-state index in [4.69, 9.17) is 13.9 Å². The summed E-state index contributed by atoms with van der Waals surface area (Å²) in [7, 11) is -0.325. The minimum Gasteiger partial charge on any atom is -0.543 e. The van der Waals surface area contributed by atoms with E-state index in [-0.39, 0.29) is 16.9 Å². The molecule has 0 spiro atoms. The van der Waals surface area contributed by atoms with Crippen LogP contribution < -0.4 is 0 Å². The highest BCUT2D eigenvalue weighted by Crippen LogP contribution is 2.45. The second kappa shape index (κ2) is 8.51. The average molecular weight is 430 g/mol. The lowest BCUT2D eigenvalue weighted by Gasteiger charge is -2.34.